The maximum atomic E-state index is 13.8. The molecule has 0 fully saturated rings. The number of carbonyl (C=O) groups is 1. The van der Waals surface area contributed by atoms with E-state index < -0.39 is 28.1 Å². The molecular formula is C29H33ClN2O5S. The summed E-state index contributed by atoms with van der Waals surface area (Å²) in [7, 11) is -4.13. The molecule has 0 spiro atoms. The van der Waals surface area contributed by atoms with E-state index >= 15 is 0 Å². The summed E-state index contributed by atoms with van der Waals surface area (Å²) in [6.45, 7) is 5.87. The van der Waals surface area contributed by atoms with Crippen molar-refractivity contribution in [2.45, 2.75) is 56.6 Å². The number of nitrogens with zero attached hydrogens (tertiary/aromatic N) is 1. The molecule has 1 heterocycles. The van der Waals surface area contributed by atoms with Crippen LogP contribution in [0.3, 0.4) is 0 Å². The average molecular weight is 557 g/mol. The predicted molar refractivity (Wildman–Crippen MR) is 149 cm³/mol. The van der Waals surface area contributed by atoms with Crippen LogP contribution in [0.1, 0.15) is 51.6 Å². The third kappa shape index (κ3) is 5.76. The maximum Gasteiger partial charge on any atom is 0.264 e. The Morgan fingerprint density at radius 2 is 1.68 bits per heavy atom. The molecule has 3 aromatic rings. The van der Waals surface area contributed by atoms with E-state index in [1.165, 1.54) is 24.3 Å². The molecule has 38 heavy (non-hydrogen) atoms. The minimum Gasteiger partial charge on any atom is -0.492 e. The SMILES string of the molecule is CCOc1ccccc1N(CC(=O)N[C@@H]1CC(CC)(CC)Oc2ccccc21)S(=O)(=O)c1ccc(Cl)cc1. The van der Waals surface area contributed by atoms with E-state index in [-0.39, 0.29) is 16.6 Å². The Morgan fingerprint density at radius 1 is 1.03 bits per heavy atom. The fraction of sp³-hybridized carbons (Fsp3) is 0.345. The normalized spacial score (nSPS) is 16.2. The van der Waals surface area contributed by atoms with Crippen molar-refractivity contribution in [1.82, 2.24) is 5.32 Å². The highest BCUT2D eigenvalue weighted by Crippen LogP contribution is 2.42. The van der Waals surface area contributed by atoms with Gasteiger partial charge >= 0.3 is 0 Å². The van der Waals surface area contributed by atoms with Crippen LogP contribution in [-0.2, 0) is 14.8 Å². The van der Waals surface area contributed by atoms with E-state index in [1.807, 2.05) is 31.2 Å². The lowest BCUT2D eigenvalue weighted by atomic mass is 9.83. The molecule has 1 aliphatic heterocycles. The lowest BCUT2D eigenvalue weighted by molar-refractivity contribution is -0.121. The number of ether oxygens (including phenoxy) is 2. The van der Waals surface area contributed by atoms with Crippen molar-refractivity contribution >= 4 is 33.2 Å². The Kier molecular flexibility index (Phi) is 8.53. The topological polar surface area (TPSA) is 84.9 Å². The van der Waals surface area contributed by atoms with E-state index in [1.54, 1.807) is 24.3 Å². The summed E-state index contributed by atoms with van der Waals surface area (Å²) in [6, 6.07) is 20.0. The first-order valence-electron chi connectivity index (χ1n) is 12.8. The molecule has 0 bridgehead atoms. The van der Waals surface area contributed by atoms with E-state index in [2.05, 4.69) is 19.2 Å². The first-order chi connectivity index (χ1) is 18.2. The Labute approximate surface area is 229 Å². The summed E-state index contributed by atoms with van der Waals surface area (Å²) in [5, 5.41) is 3.51. The van der Waals surface area contributed by atoms with Crippen LogP contribution in [0.5, 0.6) is 11.5 Å². The largest absolute Gasteiger partial charge is 0.492 e. The van der Waals surface area contributed by atoms with E-state index in [4.69, 9.17) is 21.1 Å². The molecule has 1 aliphatic rings. The van der Waals surface area contributed by atoms with Gasteiger partial charge in [0.15, 0.2) is 0 Å². The molecule has 9 heteroatoms. The van der Waals surface area contributed by atoms with Crippen LogP contribution in [0, 0.1) is 0 Å². The predicted octanol–water partition coefficient (Wildman–Crippen LogP) is 6.13. The van der Waals surface area contributed by atoms with Crippen molar-refractivity contribution in [2.75, 3.05) is 17.5 Å². The Bertz CT molecular complexity index is 1370. The molecule has 3 aromatic carbocycles. The molecule has 0 radical (unpaired) electrons. The number of anilines is 1. The molecule has 0 aromatic heterocycles. The van der Waals surface area contributed by atoms with Crippen molar-refractivity contribution in [2.24, 2.45) is 0 Å². The summed E-state index contributed by atoms with van der Waals surface area (Å²) in [6.07, 6.45) is 2.15. The molecule has 1 atom stereocenters. The third-order valence-electron chi connectivity index (χ3n) is 6.94. The monoisotopic (exact) mass is 556 g/mol. The summed E-state index contributed by atoms with van der Waals surface area (Å²) < 4.78 is 40.9. The minimum absolute atomic E-state index is 0.0217. The van der Waals surface area contributed by atoms with E-state index in [9.17, 15) is 13.2 Å². The van der Waals surface area contributed by atoms with Crippen LogP contribution < -0.4 is 19.1 Å². The molecule has 0 saturated carbocycles. The number of benzene rings is 3. The van der Waals surface area contributed by atoms with Gasteiger partial charge in [-0.15, -0.1) is 0 Å². The summed E-state index contributed by atoms with van der Waals surface area (Å²) in [5.74, 6) is 0.671. The van der Waals surface area contributed by atoms with Gasteiger partial charge in [-0.3, -0.25) is 9.10 Å². The zero-order chi connectivity index (χ0) is 27.3. The Balaban J connectivity index is 1.69. The summed E-state index contributed by atoms with van der Waals surface area (Å²) in [5.41, 5.74) is 0.742. The smallest absolute Gasteiger partial charge is 0.264 e. The van der Waals surface area contributed by atoms with Crippen LogP contribution in [-0.4, -0.2) is 33.1 Å². The lowest BCUT2D eigenvalue weighted by Crippen LogP contribution is -2.47. The number of carbonyl (C=O) groups excluding carboxylic acids is 1. The number of amides is 1. The van der Waals surface area contributed by atoms with Gasteiger partial charge in [0.1, 0.15) is 23.6 Å². The maximum absolute atomic E-state index is 13.8. The molecule has 0 saturated heterocycles. The second-order valence-electron chi connectivity index (χ2n) is 9.22. The fourth-order valence-electron chi connectivity index (χ4n) is 4.77. The quantitative estimate of drug-likeness (QED) is 0.324. The number of para-hydroxylation sites is 3. The van der Waals surface area contributed by atoms with Gasteiger partial charge in [0.2, 0.25) is 5.91 Å². The minimum atomic E-state index is -4.13. The third-order valence-corrected chi connectivity index (χ3v) is 8.97. The van der Waals surface area contributed by atoms with Crippen molar-refractivity contribution < 1.29 is 22.7 Å². The van der Waals surface area contributed by atoms with Crippen molar-refractivity contribution in [1.29, 1.82) is 0 Å². The number of rotatable bonds is 10. The standard InChI is InChI=1S/C29H33ClN2O5S/c1-4-29(5-2)19-24(23-11-7-9-13-26(23)37-29)31-28(33)20-32(25-12-8-10-14-27(25)36-6-3)38(34,35)22-17-15-21(30)16-18-22/h7-18,24H,4-6,19-20H2,1-3H3,(H,31,33)/t24-/m1/s1. The van der Waals surface area contributed by atoms with Crippen molar-refractivity contribution in [3.8, 4) is 11.5 Å². The fourth-order valence-corrected chi connectivity index (χ4v) is 6.33. The highest BCUT2D eigenvalue weighted by molar-refractivity contribution is 7.92. The highest BCUT2D eigenvalue weighted by atomic mass is 35.5. The van der Waals surface area contributed by atoms with Gasteiger partial charge in [-0.05, 0) is 62.2 Å². The van der Waals surface area contributed by atoms with E-state index in [0.29, 0.717) is 23.8 Å². The molecule has 4 rings (SSSR count). The molecule has 1 amide bonds. The van der Waals surface area contributed by atoms with Gasteiger partial charge in [-0.2, -0.15) is 0 Å². The molecule has 0 unspecified atom stereocenters. The molecular weight excluding hydrogens is 524 g/mol. The van der Waals surface area contributed by atoms with Crippen LogP contribution in [0.2, 0.25) is 5.02 Å². The number of hydrogen-bond donors (Lipinski definition) is 1. The molecule has 202 valence electrons. The Morgan fingerprint density at radius 3 is 2.37 bits per heavy atom. The van der Waals surface area contributed by atoms with Gasteiger partial charge in [0, 0.05) is 17.0 Å². The van der Waals surface area contributed by atoms with Gasteiger partial charge in [-0.1, -0.05) is 55.8 Å². The zero-order valence-corrected chi connectivity index (χ0v) is 23.4. The first-order valence-corrected chi connectivity index (χ1v) is 14.6. The van der Waals surface area contributed by atoms with Gasteiger partial charge < -0.3 is 14.8 Å². The molecule has 0 aliphatic carbocycles. The lowest BCUT2D eigenvalue weighted by Gasteiger charge is -2.41. The highest BCUT2D eigenvalue weighted by Gasteiger charge is 2.39. The van der Waals surface area contributed by atoms with Crippen molar-refractivity contribution in [3.05, 3.63) is 83.4 Å². The first kappa shape index (κ1) is 27.8. The average Bonchev–Trinajstić information content (AvgIpc) is 2.92. The second-order valence-corrected chi connectivity index (χ2v) is 11.5. The number of nitrogens with one attached hydrogen (secondary N) is 1. The second kappa shape index (κ2) is 11.7. The van der Waals surface area contributed by atoms with E-state index in [0.717, 1.165) is 28.5 Å². The number of halogens is 1. The number of hydrogen-bond acceptors (Lipinski definition) is 5. The Hall–Kier alpha value is -3.23. The van der Waals surface area contributed by atoms with Crippen LogP contribution >= 0.6 is 11.6 Å². The summed E-state index contributed by atoms with van der Waals surface area (Å²) in [4.78, 5) is 13.6. The molecule has 7 nitrogen and oxygen atoms in total. The van der Waals surface area contributed by atoms with Crippen LogP contribution in [0.15, 0.2) is 77.7 Å². The zero-order valence-electron chi connectivity index (χ0n) is 21.8. The van der Waals surface area contributed by atoms with Crippen molar-refractivity contribution in [3.63, 3.8) is 0 Å². The molecule has 1 N–H and O–H groups in total. The van der Waals surface area contributed by atoms with Gasteiger partial charge in [-0.25, -0.2) is 8.42 Å². The van der Waals surface area contributed by atoms with Crippen LogP contribution in [0.4, 0.5) is 5.69 Å². The number of fused-ring (bicyclic) bond motifs is 1. The number of sulfonamides is 1. The van der Waals surface area contributed by atoms with Gasteiger partial charge in [0.05, 0.1) is 23.2 Å². The summed E-state index contributed by atoms with van der Waals surface area (Å²) >= 11 is 6.00. The van der Waals surface area contributed by atoms with Crippen LogP contribution in [0.25, 0.3) is 0 Å². The van der Waals surface area contributed by atoms with Gasteiger partial charge in [0.25, 0.3) is 10.0 Å².